The van der Waals surface area contributed by atoms with E-state index in [0.29, 0.717) is 28.7 Å². The van der Waals surface area contributed by atoms with Crippen LogP contribution in [0.4, 0.5) is 17.3 Å². The van der Waals surface area contributed by atoms with Crippen molar-refractivity contribution in [1.82, 2.24) is 9.97 Å². The Morgan fingerprint density at radius 1 is 0.963 bits per heavy atom. The highest BCUT2D eigenvalue weighted by Crippen LogP contribution is 2.30. The van der Waals surface area contributed by atoms with Gasteiger partial charge in [0, 0.05) is 24.1 Å². The summed E-state index contributed by atoms with van der Waals surface area (Å²) in [4.78, 5) is 20.8. The topological polar surface area (TPSA) is 85.4 Å². The maximum absolute atomic E-state index is 12.4. The predicted octanol–water partition coefficient (Wildman–Crippen LogP) is 3.80. The fourth-order valence-electron chi connectivity index (χ4n) is 2.45. The van der Waals surface area contributed by atoms with Gasteiger partial charge in [0.15, 0.2) is 0 Å². The van der Waals surface area contributed by atoms with Gasteiger partial charge in [-0.05, 0) is 30.7 Å². The van der Waals surface area contributed by atoms with E-state index in [9.17, 15) is 4.79 Å². The minimum Gasteiger partial charge on any atom is -0.497 e. The van der Waals surface area contributed by atoms with Gasteiger partial charge in [0.25, 0.3) is 5.91 Å². The number of nitrogens with zero attached hydrogens (tertiary/aromatic N) is 2. The zero-order chi connectivity index (χ0) is 19.2. The maximum Gasteiger partial charge on any atom is 0.258 e. The van der Waals surface area contributed by atoms with E-state index >= 15 is 0 Å². The fourth-order valence-corrected chi connectivity index (χ4v) is 2.45. The second-order valence-electron chi connectivity index (χ2n) is 5.76. The number of amides is 1. The van der Waals surface area contributed by atoms with Crippen LogP contribution in [0.1, 0.15) is 15.9 Å². The molecule has 0 unspecified atom stereocenters. The molecule has 7 nitrogen and oxygen atoms in total. The molecule has 138 valence electrons. The van der Waals surface area contributed by atoms with Crippen molar-refractivity contribution in [2.75, 3.05) is 24.9 Å². The Kier molecular flexibility index (Phi) is 5.51. The van der Waals surface area contributed by atoms with Crippen LogP contribution in [0.5, 0.6) is 11.5 Å². The lowest BCUT2D eigenvalue weighted by atomic mass is 10.2. The van der Waals surface area contributed by atoms with Gasteiger partial charge in [-0.1, -0.05) is 18.2 Å². The molecule has 0 radical (unpaired) electrons. The molecule has 0 spiro atoms. The van der Waals surface area contributed by atoms with Crippen LogP contribution in [0, 0.1) is 6.92 Å². The summed E-state index contributed by atoms with van der Waals surface area (Å²) in [5, 5.41) is 5.92. The molecule has 0 aliphatic rings. The molecular formula is C20H20N4O3. The van der Waals surface area contributed by atoms with Gasteiger partial charge >= 0.3 is 0 Å². The van der Waals surface area contributed by atoms with Crippen molar-refractivity contribution in [2.45, 2.75) is 6.92 Å². The summed E-state index contributed by atoms with van der Waals surface area (Å²) < 4.78 is 10.5. The minimum absolute atomic E-state index is 0.269. The van der Waals surface area contributed by atoms with E-state index in [1.807, 2.05) is 31.2 Å². The number of methoxy groups -OCH3 is 2. The SMILES string of the molecule is COc1ccc(OC)c(Nc2ncc(C(=O)Nc3ccccc3C)cn2)c1. The highest BCUT2D eigenvalue weighted by molar-refractivity contribution is 6.04. The quantitative estimate of drug-likeness (QED) is 0.692. The second-order valence-corrected chi connectivity index (χ2v) is 5.76. The lowest BCUT2D eigenvalue weighted by molar-refractivity contribution is 0.102. The number of rotatable bonds is 6. The summed E-state index contributed by atoms with van der Waals surface area (Å²) in [6.07, 6.45) is 2.94. The third-order valence-corrected chi connectivity index (χ3v) is 3.96. The van der Waals surface area contributed by atoms with Gasteiger partial charge < -0.3 is 20.1 Å². The van der Waals surface area contributed by atoms with Crippen molar-refractivity contribution >= 4 is 23.2 Å². The molecule has 1 heterocycles. The number of hydrogen-bond acceptors (Lipinski definition) is 6. The largest absolute Gasteiger partial charge is 0.497 e. The first kappa shape index (κ1) is 18.2. The Hall–Kier alpha value is -3.61. The number of carbonyl (C=O) groups is 1. The normalized spacial score (nSPS) is 10.2. The number of hydrogen-bond donors (Lipinski definition) is 2. The molecule has 1 aromatic heterocycles. The van der Waals surface area contributed by atoms with Crippen LogP contribution in [0.2, 0.25) is 0 Å². The van der Waals surface area contributed by atoms with Gasteiger partial charge in [-0.15, -0.1) is 0 Å². The fraction of sp³-hybridized carbons (Fsp3) is 0.150. The summed E-state index contributed by atoms with van der Waals surface area (Å²) in [5.41, 5.74) is 2.76. The number of para-hydroxylation sites is 1. The molecule has 1 amide bonds. The first-order chi connectivity index (χ1) is 13.1. The summed E-state index contributed by atoms with van der Waals surface area (Å²) in [7, 11) is 3.16. The molecule has 2 aromatic carbocycles. The van der Waals surface area contributed by atoms with Crippen molar-refractivity contribution in [3.8, 4) is 11.5 Å². The van der Waals surface area contributed by atoms with Gasteiger partial charge in [0.05, 0.1) is 25.5 Å². The molecule has 0 fully saturated rings. The molecule has 7 heteroatoms. The van der Waals surface area contributed by atoms with Crippen molar-refractivity contribution in [1.29, 1.82) is 0 Å². The molecule has 3 rings (SSSR count). The van der Waals surface area contributed by atoms with E-state index in [4.69, 9.17) is 9.47 Å². The monoisotopic (exact) mass is 364 g/mol. The number of aromatic nitrogens is 2. The zero-order valence-corrected chi connectivity index (χ0v) is 15.3. The highest BCUT2D eigenvalue weighted by Gasteiger charge is 2.11. The molecule has 27 heavy (non-hydrogen) atoms. The molecule has 0 aliphatic carbocycles. The van der Waals surface area contributed by atoms with E-state index < -0.39 is 0 Å². The Morgan fingerprint density at radius 3 is 2.37 bits per heavy atom. The van der Waals surface area contributed by atoms with Gasteiger partial charge in [-0.3, -0.25) is 4.79 Å². The van der Waals surface area contributed by atoms with E-state index in [2.05, 4.69) is 20.6 Å². The Bertz CT molecular complexity index is 942. The minimum atomic E-state index is -0.269. The lowest BCUT2D eigenvalue weighted by Gasteiger charge is -2.12. The van der Waals surface area contributed by atoms with Gasteiger partial charge in [-0.2, -0.15) is 0 Å². The summed E-state index contributed by atoms with van der Waals surface area (Å²) in [5.74, 6) is 1.37. The second kappa shape index (κ2) is 8.18. The van der Waals surface area contributed by atoms with Crippen LogP contribution < -0.4 is 20.1 Å². The van der Waals surface area contributed by atoms with E-state index in [1.54, 1.807) is 32.4 Å². The number of benzene rings is 2. The van der Waals surface area contributed by atoms with Crippen LogP contribution >= 0.6 is 0 Å². The number of ether oxygens (including phenoxy) is 2. The van der Waals surface area contributed by atoms with Gasteiger partial charge in [0.2, 0.25) is 5.95 Å². The van der Waals surface area contributed by atoms with Crippen molar-refractivity contribution in [3.63, 3.8) is 0 Å². The van der Waals surface area contributed by atoms with Crippen LogP contribution in [0.25, 0.3) is 0 Å². The molecule has 0 aliphatic heterocycles. The van der Waals surface area contributed by atoms with Crippen molar-refractivity contribution in [2.24, 2.45) is 0 Å². The molecule has 0 saturated heterocycles. The molecule has 0 atom stereocenters. The number of carbonyl (C=O) groups excluding carboxylic acids is 1. The first-order valence-corrected chi connectivity index (χ1v) is 8.29. The van der Waals surface area contributed by atoms with Gasteiger partial charge in [-0.25, -0.2) is 9.97 Å². The number of nitrogens with one attached hydrogen (secondary N) is 2. The molecule has 3 aromatic rings. The molecular weight excluding hydrogens is 344 g/mol. The lowest BCUT2D eigenvalue weighted by Crippen LogP contribution is -2.13. The molecule has 2 N–H and O–H groups in total. The summed E-state index contributed by atoms with van der Waals surface area (Å²) in [6.45, 7) is 1.93. The van der Waals surface area contributed by atoms with Crippen LogP contribution in [-0.4, -0.2) is 30.1 Å². The standard InChI is InChI=1S/C20H20N4O3/c1-13-6-4-5-7-16(13)23-19(25)14-11-21-20(22-12-14)24-17-10-15(26-2)8-9-18(17)27-3/h4-12H,1-3H3,(H,23,25)(H,21,22,24). The van der Waals surface area contributed by atoms with E-state index in [-0.39, 0.29) is 5.91 Å². The summed E-state index contributed by atoms with van der Waals surface area (Å²) in [6, 6.07) is 12.9. The van der Waals surface area contributed by atoms with E-state index in [0.717, 1.165) is 11.3 Å². The van der Waals surface area contributed by atoms with E-state index in [1.165, 1.54) is 12.4 Å². The average Bonchev–Trinajstić information content (AvgIpc) is 2.70. The first-order valence-electron chi connectivity index (χ1n) is 8.29. The Labute approximate surface area is 157 Å². The predicted molar refractivity (Wildman–Crippen MR) is 104 cm³/mol. The average molecular weight is 364 g/mol. The summed E-state index contributed by atoms with van der Waals surface area (Å²) >= 11 is 0. The molecule has 0 saturated carbocycles. The van der Waals surface area contributed by atoms with Crippen LogP contribution in [-0.2, 0) is 0 Å². The third kappa shape index (κ3) is 4.33. The third-order valence-electron chi connectivity index (χ3n) is 3.96. The Balaban J connectivity index is 1.74. The van der Waals surface area contributed by atoms with Crippen LogP contribution in [0.15, 0.2) is 54.9 Å². The van der Waals surface area contributed by atoms with Crippen molar-refractivity contribution < 1.29 is 14.3 Å². The zero-order valence-electron chi connectivity index (χ0n) is 15.3. The smallest absolute Gasteiger partial charge is 0.258 e. The molecule has 0 bridgehead atoms. The maximum atomic E-state index is 12.4. The Morgan fingerprint density at radius 2 is 1.70 bits per heavy atom. The van der Waals surface area contributed by atoms with Crippen LogP contribution in [0.3, 0.4) is 0 Å². The van der Waals surface area contributed by atoms with Crippen molar-refractivity contribution in [3.05, 3.63) is 66.0 Å². The highest BCUT2D eigenvalue weighted by atomic mass is 16.5. The number of anilines is 3. The number of aryl methyl sites for hydroxylation is 1. The van der Waals surface area contributed by atoms with Gasteiger partial charge in [0.1, 0.15) is 11.5 Å².